The van der Waals surface area contributed by atoms with E-state index in [1.54, 1.807) is 31.2 Å². The SMILES string of the molecule is CC(NC(=O)c1cccc(-n2cnnn2)c1)C(O)c1ccc(F)cc1. The molecular formula is C17H16FN5O2. The lowest BCUT2D eigenvalue weighted by Gasteiger charge is -2.20. The Balaban J connectivity index is 1.71. The van der Waals surface area contributed by atoms with Crippen LogP contribution in [0.3, 0.4) is 0 Å². The molecule has 0 spiro atoms. The molecule has 128 valence electrons. The topological polar surface area (TPSA) is 92.9 Å². The second-order valence-electron chi connectivity index (χ2n) is 5.56. The third-order valence-electron chi connectivity index (χ3n) is 3.77. The van der Waals surface area contributed by atoms with Crippen LogP contribution in [0.4, 0.5) is 4.39 Å². The van der Waals surface area contributed by atoms with Gasteiger partial charge in [-0.2, -0.15) is 0 Å². The fourth-order valence-corrected chi connectivity index (χ4v) is 2.39. The Kier molecular flexibility index (Phi) is 4.80. The van der Waals surface area contributed by atoms with Crippen LogP contribution in [0, 0.1) is 5.82 Å². The summed E-state index contributed by atoms with van der Waals surface area (Å²) in [5.74, 6) is -0.726. The van der Waals surface area contributed by atoms with E-state index in [1.807, 2.05) is 0 Å². The molecule has 25 heavy (non-hydrogen) atoms. The minimum Gasteiger partial charge on any atom is -0.386 e. The van der Waals surface area contributed by atoms with Crippen molar-refractivity contribution in [3.05, 3.63) is 71.8 Å². The number of carbonyl (C=O) groups excluding carboxylic acids is 1. The number of aromatic nitrogens is 4. The number of nitrogens with one attached hydrogen (secondary N) is 1. The maximum atomic E-state index is 13.0. The van der Waals surface area contributed by atoms with E-state index < -0.39 is 12.1 Å². The Bertz CT molecular complexity index is 852. The molecule has 3 rings (SSSR count). The van der Waals surface area contributed by atoms with E-state index in [-0.39, 0.29) is 11.7 Å². The van der Waals surface area contributed by atoms with E-state index in [2.05, 4.69) is 20.8 Å². The minimum atomic E-state index is -0.952. The summed E-state index contributed by atoms with van der Waals surface area (Å²) in [6.07, 6.45) is 0.477. The molecule has 0 aliphatic carbocycles. The highest BCUT2D eigenvalue weighted by Crippen LogP contribution is 2.18. The van der Waals surface area contributed by atoms with Crippen LogP contribution in [0.2, 0.25) is 0 Å². The largest absolute Gasteiger partial charge is 0.386 e. The third-order valence-corrected chi connectivity index (χ3v) is 3.77. The van der Waals surface area contributed by atoms with Gasteiger partial charge in [-0.05, 0) is 53.2 Å². The normalized spacial score (nSPS) is 13.2. The molecule has 7 nitrogen and oxygen atoms in total. The fraction of sp³-hybridized carbons (Fsp3) is 0.176. The zero-order valence-corrected chi connectivity index (χ0v) is 13.4. The molecule has 0 bridgehead atoms. The lowest BCUT2D eigenvalue weighted by molar-refractivity contribution is 0.0852. The van der Waals surface area contributed by atoms with Crippen LogP contribution >= 0.6 is 0 Å². The van der Waals surface area contributed by atoms with E-state index in [0.717, 1.165) is 0 Å². The van der Waals surface area contributed by atoms with Crippen LogP contribution in [0.1, 0.15) is 28.9 Å². The highest BCUT2D eigenvalue weighted by molar-refractivity contribution is 5.94. The van der Waals surface area contributed by atoms with Crippen LogP contribution < -0.4 is 5.32 Å². The molecule has 0 aliphatic rings. The Hall–Kier alpha value is -3.13. The van der Waals surface area contributed by atoms with Gasteiger partial charge in [-0.25, -0.2) is 9.07 Å². The van der Waals surface area contributed by atoms with Crippen molar-refractivity contribution in [2.24, 2.45) is 0 Å². The number of hydrogen-bond donors (Lipinski definition) is 2. The zero-order chi connectivity index (χ0) is 17.8. The highest BCUT2D eigenvalue weighted by atomic mass is 19.1. The molecule has 0 saturated heterocycles. The van der Waals surface area contributed by atoms with Crippen molar-refractivity contribution in [1.29, 1.82) is 0 Å². The Labute approximate surface area is 143 Å². The Morgan fingerprint density at radius 2 is 2.00 bits per heavy atom. The molecule has 2 aromatic carbocycles. The first-order valence-electron chi connectivity index (χ1n) is 7.62. The lowest BCUT2D eigenvalue weighted by atomic mass is 10.0. The van der Waals surface area contributed by atoms with Crippen LogP contribution in [-0.4, -0.2) is 37.3 Å². The van der Waals surface area contributed by atoms with Crippen molar-refractivity contribution in [3.63, 3.8) is 0 Å². The number of halogens is 1. The van der Waals surface area contributed by atoms with Crippen molar-refractivity contribution in [2.45, 2.75) is 19.1 Å². The van der Waals surface area contributed by atoms with Crippen LogP contribution in [0.25, 0.3) is 5.69 Å². The molecule has 1 heterocycles. The van der Waals surface area contributed by atoms with E-state index in [9.17, 15) is 14.3 Å². The van der Waals surface area contributed by atoms with Crippen LogP contribution in [0.5, 0.6) is 0 Å². The quantitative estimate of drug-likeness (QED) is 0.736. The summed E-state index contributed by atoms with van der Waals surface area (Å²) in [7, 11) is 0. The molecule has 8 heteroatoms. The van der Waals surface area contributed by atoms with Crippen LogP contribution in [-0.2, 0) is 0 Å². The summed E-state index contributed by atoms with van der Waals surface area (Å²) in [4.78, 5) is 12.4. The Morgan fingerprint density at radius 3 is 2.68 bits per heavy atom. The fourth-order valence-electron chi connectivity index (χ4n) is 2.39. The number of nitrogens with zero attached hydrogens (tertiary/aromatic N) is 4. The molecule has 1 amide bonds. The second-order valence-corrected chi connectivity index (χ2v) is 5.56. The van der Waals surface area contributed by atoms with Gasteiger partial charge in [0.25, 0.3) is 5.91 Å². The summed E-state index contributed by atoms with van der Waals surface area (Å²) >= 11 is 0. The van der Waals surface area contributed by atoms with Gasteiger partial charge in [-0.1, -0.05) is 18.2 Å². The number of carbonyl (C=O) groups is 1. The number of benzene rings is 2. The maximum absolute atomic E-state index is 13.0. The molecule has 3 aromatic rings. The van der Waals surface area contributed by atoms with E-state index in [1.165, 1.54) is 35.3 Å². The van der Waals surface area contributed by atoms with Crippen molar-refractivity contribution in [2.75, 3.05) is 0 Å². The molecule has 2 atom stereocenters. The summed E-state index contributed by atoms with van der Waals surface area (Å²) in [6.45, 7) is 1.68. The lowest BCUT2D eigenvalue weighted by Crippen LogP contribution is -2.37. The summed E-state index contributed by atoms with van der Waals surface area (Å²) in [6, 6.07) is 11.7. The number of hydrogen-bond acceptors (Lipinski definition) is 5. The first-order valence-corrected chi connectivity index (χ1v) is 7.62. The van der Waals surface area contributed by atoms with Gasteiger partial charge in [0.05, 0.1) is 17.8 Å². The summed E-state index contributed by atoms with van der Waals surface area (Å²) in [5, 5.41) is 23.9. The van der Waals surface area contributed by atoms with Crippen LogP contribution in [0.15, 0.2) is 54.9 Å². The van der Waals surface area contributed by atoms with Gasteiger partial charge in [-0.15, -0.1) is 5.10 Å². The van der Waals surface area contributed by atoms with Crippen molar-refractivity contribution in [1.82, 2.24) is 25.5 Å². The predicted octanol–water partition coefficient (Wildman–Crippen LogP) is 1.65. The van der Waals surface area contributed by atoms with Gasteiger partial charge in [0.2, 0.25) is 0 Å². The third kappa shape index (κ3) is 3.86. The van der Waals surface area contributed by atoms with Crippen molar-refractivity contribution >= 4 is 5.91 Å². The number of aliphatic hydroxyl groups is 1. The second kappa shape index (κ2) is 7.18. The van der Waals surface area contributed by atoms with Gasteiger partial charge in [0, 0.05) is 5.56 Å². The van der Waals surface area contributed by atoms with Gasteiger partial charge >= 0.3 is 0 Å². The average Bonchev–Trinajstić information content (AvgIpc) is 3.16. The molecular weight excluding hydrogens is 325 g/mol. The highest BCUT2D eigenvalue weighted by Gasteiger charge is 2.19. The van der Waals surface area contributed by atoms with Gasteiger partial charge in [0.15, 0.2) is 0 Å². The molecule has 0 radical (unpaired) electrons. The first-order chi connectivity index (χ1) is 12.0. The first kappa shape index (κ1) is 16.7. The number of rotatable bonds is 5. The van der Waals surface area contributed by atoms with E-state index >= 15 is 0 Å². The minimum absolute atomic E-state index is 0.344. The van der Waals surface area contributed by atoms with Crippen molar-refractivity contribution in [3.8, 4) is 5.69 Å². The van der Waals surface area contributed by atoms with E-state index in [4.69, 9.17) is 0 Å². The monoisotopic (exact) mass is 341 g/mol. The molecule has 2 unspecified atom stereocenters. The van der Waals surface area contributed by atoms with Crippen molar-refractivity contribution < 1.29 is 14.3 Å². The van der Waals surface area contributed by atoms with Gasteiger partial charge in [0.1, 0.15) is 12.1 Å². The Morgan fingerprint density at radius 1 is 1.24 bits per heavy atom. The molecule has 2 N–H and O–H groups in total. The number of aliphatic hydroxyl groups excluding tert-OH is 1. The number of amides is 1. The zero-order valence-electron chi connectivity index (χ0n) is 13.4. The summed E-state index contributed by atoms with van der Waals surface area (Å²) < 4.78 is 14.4. The van der Waals surface area contributed by atoms with Gasteiger partial charge in [-0.3, -0.25) is 4.79 Å². The standard InChI is InChI=1S/C17H16FN5O2/c1-11(16(24)12-5-7-14(18)8-6-12)20-17(25)13-3-2-4-15(9-13)23-10-19-21-22-23/h2-11,16,24H,1H3,(H,20,25). The molecule has 0 aliphatic heterocycles. The number of tetrazole rings is 1. The average molecular weight is 341 g/mol. The van der Waals surface area contributed by atoms with E-state index in [0.29, 0.717) is 16.8 Å². The molecule has 0 fully saturated rings. The molecule has 1 aromatic heterocycles. The molecule has 0 saturated carbocycles. The van der Waals surface area contributed by atoms with Gasteiger partial charge < -0.3 is 10.4 Å². The maximum Gasteiger partial charge on any atom is 0.251 e. The predicted molar refractivity (Wildman–Crippen MR) is 87.4 cm³/mol. The summed E-state index contributed by atoms with van der Waals surface area (Å²) in [5.41, 5.74) is 1.58. The smallest absolute Gasteiger partial charge is 0.251 e.